The fourth-order valence-corrected chi connectivity index (χ4v) is 3.63. The van der Waals surface area contributed by atoms with Gasteiger partial charge in [-0.3, -0.25) is 0 Å². The van der Waals surface area contributed by atoms with Crippen LogP contribution in [0, 0.1) is 25.2 Å². The van der Waals surface area contributed by atoms with E-state index >= 15 is 0 Å². The van der Waals surface area contributed by atoms with Crippen molar-refractivity contribution in [1.29, 1.82) is 5.26 Å². The molecule has 5 nitrogen and oxygen atoms in total. The van der Waals surface area contributed by atoms with E-state index in [1.165, 1.54) is 0 Å². The summed E-state index contributed by atoms with van der Waals surface area (Å²) in [7, 11) is 0. The molecule has 4 aromatic rings. The van der Waals surface area contributed by atoms with Crippen LogP contribution in [0.1, 0.15) is 44.5 Å². The quantitative estimate of drug-likeness (QED) is 0.421. The molecule has 0 spiro atoms. The summed E-state index contributed by atoms with van der Waals surface area (Å²) in [5.74, 6) is -0.389. The van der Waals surface area contributed by atoms with Crippen molar-refractivity contribution < 1.29 is 9.53 Å². The number of benzene rings is 3. The maximum absolute atomic E-state index is 12.9. The fraction of sp³-hybridized carbons (Fsp3) is 0.115. The lowest BCUT2D eigenvalue weighted by atomic mass is 9.99. The molecule has 3 aromatic carbocycles. The van der Waals surface area contributed by atoms with E-state index in [2.05, 4.69) is 6.07 Å². The van der Waals surface area contributed by atoms with Crippen molar-refractivity contribution >= 4 is 5.97 Å². The highest BCUT2D eigenvalue weighted by molar-refractivity contribution is 5.89. The fourth-order valence-electron chi connectivity index (χ4n) is 3.63. The number of nitrogens with zero attached hydrogens (tertiary/aromatic N) is 3. The third-order valence-electron chi connectivity index (χ3n) is 5.19. The molecule has 0 saturated heterocycles. The van der Waals surface area contributed by atoms with Crippen LogP contribution >= 0.6 is 0 Å². The van der Waals surface area contributed by atoms with Gasteiger partial charge in [-0.1, -0.05) is 48.5 Å². The Labute approximate surface area is 181 Å². The van der Waals surface area contributed by atoms with Crippen LogP contribution in [0.25, 0.3) is 5.69 Å². The zero-order valence-corrected chi connectivity index (χ0v) is 17.3. The molecule has 4 rings (SSSR count). The molecule has 1 aromatic heterocycles. The van der Waals surface area contributed by atoms with Gasteiger partial charge in [0.2, 0.25) is 0 Å². The van der Waals surface area contributed by atoms with Gasteiger partial charge in [-0.15, -0.1) is 0 Å². The Morgan fingerprint density at radius 3 is 2.16 bits per heavy atom. The van der Waals surface area contributed by atoms with E-state index < -0.39 is 6.10 Å². The van der Waals surface area contributed by atoms with Crippen LogP contribution in [0.2, 0.25) is 0 Å². The first-order valence-electron chi connectivity index (χ1n) is 9.96. The lowest BCUT2D eigenvalue weighted by Gasteiger charge is -2.19. The van der Waals surface area contributed by atoms with E-state index in [0.717, 1.165) is 28.2 Å². The summed E-state index contributed by atoms with van der Waals surface area (Å²) in [5.41, 5.74) is 5.29. The Morgan fingerprint density at radius 2 is 1.55 bits per heavy atom. The maximum atomic E-state index is 12.9. The first-order valence-corrected chi connectivity index (χ1v) is 9.96. The number of carbonyl (C=O) groups excluding carboxylic acids is 1. The number of hydrogen-bond acceptors (Lipinski definition) is 4. The Morgan fingerprint density at radius 1 is 0.935 bits per heavy atom. The normalized spacial score (nSPS) is 11.5. The van der Waals surface area contributed by atoms with Crippen LogP contribution in [0.4, 0.5) is 0 Å². The van der Waals surface area contributed by atoms with Crippen LogP contribution in [0.15, 0.2) is 84.9 Å². The Kier molecular flexibility index (Phi) is 5.63. The van der Waals surface area contributed by atoms with Gasteiger partial charge in [-0.25, -0.2) is 9.48 Å². The van der Waals surface area contributed by atoms with Crippen LogP contribution in [-0.2, 0) is 4.74 Å². The predicted molar refractivity (Wildman–Crippen MR) is 118 cm³/mol. The minimum atomic E-state index is -0.596. The van der Waals surface area contributed by atoms with E-state index in [9.17, 15) is 4.79 Å². The lowest BCUT2D eigenvalue weighted by molar-refractivity contribution is 0.0376. The van der Waals surface area contributed by atoms with Crippen molar-refractivity contribution in [3.05, 3.63) is 119 Å². The van der Waals surface area contributed by atoms with E-state index in [1.54, 1.807) is 24.3 Å². The van der Waals surface area contributed by atoms with Crippen molar-refractivity contribution in [2.24, 2.45) is 0 Å². The third-order valence-corrected chi connectivity index (χ3v) is 5.19. The number of ether oxygens (including phenoxy) is 1. The van der Waals surface area contributed by atoms with E-state index in [1.807, 2.05) is 79.2 Å². The van der Waals surface area contributed by atoms with Crippen molar-refractivity contribution in [2.45, 2.75) is 20.0 Å². The highest BCUT2D eigenvalue weighted by atomic mass is 16.5. The van der Waals surface area contributed by atoms with Gasteiger partial charge in [0.25, 0.3) is 0 Å². The first-order chi connectivity index (χ1) is 15.1. The molecule has 0 bridgehead atoms. The summed E-state index contributed by atoms with van der Waals surface area (Å²) in [6, 6.07) is 28.0. The van der Waals surface area contributed by atoms with E-state index in [-0.39, 0.29) is 5.97 Å². The van der Waals surface area contributed by atoms with Gasteiger partial charge in [0.15, 0.2) is 6.10 Å². The summed E-state index contributed by atoms with van der Waals surface area (Å²) >= 11 is 0. The molecular weight excluding hydrogens is 386 g/mol. The first kappa shape index (κ1) is 20.1. The molecule has 1 unspecified atom stereocenters. The Hall–Kier alpha value is -4.17. The molecule has 0 aliphatic carbocycles. The highest BCUT2D eigenvalue weighted by Gasteiger charge is 2.27. The summed E-state index contributed by atoms with van der Waals surface area (Å²) in [6.07, 6.45) is -0.596. The molecule has 0 radical (unpaired) electrons. The second kappa shape index (κ2) is 8.68. The molecule has 0 fully saturated rings. The van der Waals surface area contributed by atoms with Crippen molar-refractivity contribution in [2.75, 3.05) is 0 Å². The number of nitriles is 1. The maximum Gasteiger partial charge on any atom is 0.339 e. The molecule has 0 amide bonds. The van der Waals surface area contributed by atoms with Crippen molar-refractivity contribution in [3.63, 3.8) is 0 Å². The highest BCUT2D eigenvalue weighted by Crippen LogP contribution is 2.33. The largest absolute Gasteiger partial charge is 0.449 e. The zero-order chi connectivity index (χ0) is 21.8. The number of aromatic nitrogens is 2. The average Bonchev–Trinajstić information content (AvgIpc) is 3.12. The second-order valence-corrected chi connectivity index (χ2v) is 7.22. The molecule has 0 N–H and O–H groups in total. The molecule has 0 saturated carbocycles. The lowest BCUT2D eigenvalue weighted by Crippen LogP contribution is -2.14. The molecule has 1 heterocycles. The number of esters is 1. The number of hydrogen-bond donors (Lipinski definition) is 0. The van der Waals surface area contributed by atoms with Gasteiger partial charge >= 0.3 is 5.97 Å². The SMILES string of the molecule is Cc1nn(-c2ccc(C#N)cc2)c(C)c1C(OC(=O)c1ccccc1)c1ccccc1. The minimum Gasteiger partial charge on any atom is -0.449 e. The number of carbonyl (C=O) groups is 1. The van der Waals surface area contributed by atoms with E-state index in [4.69, 9.17) is 15.1 Å². The topological polar surface area (TPSA) is 67.9 Å². The van der Waals surface area contributed by atoms with Gasteiger partial charge in [-0.05, 0) is 55.8 Å². The standard InChI is InChI=1S/C26H21N3O2/c1-18-24(19(2)29(28-18)23-15-13-20(17-27)14-16-23)25(21-9-5-3-6-10-21)31-26(30)22-11-7-4-8-12-22/h3-16,25H,1-2H3. The van der Waals surface area contributed by atoms with Crippen molar-refractivity contribution in [1.82, 2.24) is 9.78 Å². The summed E-state index contributed by atoms with van der Waals surface area (Å²) in [6.45, 7) is 3.87. The van der Waals surface area contributed by atoms with Gasteiger partial charge < -0.3 is 4.74 Å². The molecule has 152 valence electrons. The second-order valence-electron chi connectivity index (χ2n) is 7.22. The van der Waals surface area contributed by atoms with Crippen LogP contribution in [0.5, 0.6) is 0 Å². The van der Waals surface area contributed by atoms with Crippen LogP contribution < -0.4 is 0 Å². The third kappa shape index (κ3) is 4.10. The molecular formula is C26H21N3O2. The molecule has 1 atom stereocenters. The monoisotopic (exact) mass is 407 g/mol. The average molecular weight is 407 g/mol. The minimum absolute atomic E-state index is 0.389. The Bertz CT molecular complexity index is 1240. The number of rotatable bonds is 5. The van der Waals surface area contributed by atoms with E-state index in [0.29, 0.717) is 11.1 Å². The molecule has 0 aliphatic rings. The van der Waals surface area contributed by atoms with Crippen LogP contribution in [-0.4, -0.2) is 15.7 Å². The molecule has 5 heteroatoms. The molecule has 0 aliphatic heterocycles. The van der Waals surface area contributed by atoms with Gasteiger partial charge in [0, 0.05) is 11.3 Å². The summed E-state index contributed by atoms with van der Waals surface area (Å²) in [4.78, 5) is 12.9. The molecule has 31 heavy (non-hydrogen) atoms. The van der Waals surface area contributed by atoms with Gasteiger partial charge in [-0.2, -0.15) is 10.4 Å². The Balaban J connectivity index is 1.77. The zero-order valence-electron chi connectivity index (χ0n) is 17.3. The van der Waals surface area contributed by atoms with Gasteiger partial charge in [0.1, 0.15) is 0 Å². The number of aryl methyl sites for hydroxylation is 1. The van der Waals surface area contributed by atoms with Crippen LogP contribution in [0.3, 0.4) is 0 Å². The summed E-state index contributed by atoms with van der Waals surface area (Å²) < 4.78 is 7.84. The predicted octanol–water partition coefficient (Wildman–Crippen LogP) is 5.31. The van der Waals surface area contributed by atoms with Crippen molar-refractivity contribution in [3.8, 4) is 11.8 Å². The smallest absolute Gasteiger partial charge is 0.339 e. The summed E-state index contributed by atoms with van der Waals surface area (Å²) in [5, 5.41) is 13.8. The van der Waals surface area contributed by atoms with Gasteiger partial charge in [0.05, 0.1) is 28.6 Å².